The summed E-state index contributed by atoms with van der Waals surface area (Å²) >= 11 is 0. The summed E-state index contributed by atoms with van der Waals surface area (Å²) in [6, 6.07) is 6.28. The average molecular weight is 225 g/mol. The summed E-state index contributed by atoms with van der Waals surface area (Å²) in [5.74, 6) is 1.15. The van der Waals surface area contributed by atoms with Crippen LogP contribution in [0, 0.1) is 0 Å². The lowest BCUT2D eigenvalue weighted by molar-refractivity contribution is 0.608. The van der Waals surface area contributed by atoms with Gasteiger partial charge in [0, 0.05) is 20.2 Å². The maximum absolute atomic E-state index is 4.54. The van der Waals surface area contributed by atoms with E-state index in [0.717, 1.165) is 12.2 Å². The van der Waals surface area contributed by atoms with E-state index in [2.05, 4.69) is 40.7 Å². The summed E-state index contributed by atoms with van der Waals surface area (Å²) in [5, 5.41) is 0. The molecule has 1 fully saturated rings. The first kappa shape index (κ1) is 14.9. The smallest absolute Gasteiger partial charge is 0.128 e. The van der Waals surface area contributed by atoms with Crippen molar-refractivity contribution in [2.75, 3.05) is 25.0 Å². The minimum Gasteiger partial charge on any atom is -0.356 e. The molecule has 16 heavy (non-hydrogen) atoms. The maximum atomic E-state index is 4.54. The predicted octanol–water partition coefficient (Wildman–Crippen LogP) is 2.70. The summed E-state index contributed by atoms with van der Waals surface area (Å²) in [6.07, 6.45) is 2.35. The Morgan fingerprint density at radius 1 is 1.31 bits per heavy atom. The van der Waals surface area contributed by atoms with Gasteiger partial charge < -0.3 is 10.6 Å². The van der Waals surface area contributed by atoms with Crippen LogP contribution in [0.25, 0.3) is 0 Å². The second kappa shape index (κ2) is 9.16. The second-order valence-electron chi connectivity index (χ2n) is 3.18. The molecule has 1 aromatic heterocycles. The van der Waals surface area contributed by atoms with Gasteiger partial charge in [0.1, 0.15) is 5.82 Å². The molecule has 3 nitrogen and oxygen atoms in total. The highest BCUT2D eigenvalue weighted by Crippen LogP contribution is 2.17. The molecular formula is C13H27N3. The zero-order chi connectivity index (χ0) is 12.4. The first-order valence-corrected chi connectivity index (χ1v) is 6.19. The Hall–Kier alpha value is -1.09. The molecule has 0 spiro atoms. The molecule has 2 rings (SSSR count). The molecule has 2 N–H and O–H groups in total. The van der Waals surface area contributed by atoms with E-state index in [0.29, 0.717) is 0 Å². The first-order valence-electron chi connectivity index (χ1n) is 6.19. The molecule has 0 bridgehead atoms. The van der Waals surface area contributed by atoms with Crippen molar-refractivity contribution in [2.45, 2.75) is 33.6 Å². The van der Waals surface area contributed by atoms with E-state index in [4.69, 9.17) is 0 Å². The van der Waals surface area contributed by atoms with Gasteiger partial charge in [0.15, 0.2) is 0 Å². The maximum Gasteiger partial charge on any atom is 0.128 e. The number of hydrogen-bond donors (Lipinski definition) is 1. The fourth-order valence-electron chi connectivity index (χ4n) is 1.39. The number of hydrogen-bond acceptors (Lipinski definition) is 3. The van der Waals surface area contributed by atoms with Crippen molar-refractivity contribution in [1.82, 2.24) is 4.98 Å². The van der Waals surface area contributed by atoms with Crippen molar-refractivity contribution >= 4 is 5.82 Å². The van der Waals surface area contributed by atoms with Crippen LogP contribution in [-0.4, -0.2) is 25.1 Å². The largest absolute Gasteiger partial charge is 0.356 e. The van der Waals surface area contributed by atoms with Crippen molar-refractivity contribution in [3.8, 4) is 0 Å². The van der Waals surface area contributed by atoms with Crippen molar-refractivity contribution in [1.29, 1.82) is 0 Å². The molecule has 1 saturated heterocycles. The van der Waals surface area contributed by atoms with Gasteiger partial charge in [-0.2, -0.15) is 0 Å². The Morgan fingerprint density at radius 2 is 1.94 bits per heavy atom. The molecular weight excluding hydrogens is 198 g/mol. The van der Waals surface area contributed by atoms with E-state index in [-0.39, 0.29) is 1.43 Å². The molecule has 0 radical (unpaired) electrons. The number of anilines is 1. The van der Waals surface area contributed by atoms with Gasteiger partial charge in [-0.3, -0.25) is 0 Å². The molecule has 1 aliphatic heterocycles. The van der Waals surface area contributed by atoms with Crippen LogP contribution in [0.5, 0.6) is 0 Å². The Bertz CT molecular complexity index is 275. The Balaban J connectivity index is 0. The van der Waals surface area contributed by atoms with E-state index in [1.54, 1.807) is 0 Å². The lowest BCUT2D eigenvalue weighted by Gasteiger charge is -2.32. The summed E-state index contributed by atoms with van der Waals surface area (Å²) < 4.78 is 0. The topological polar surface area (TPSA) is 42.2 Å². The van der Waals surface area contributed by atoms with Crippen LogP contribution in [-0.2, 0) is 6.42 Å². The van der Waals surface area contributed by atoms with Crippen LogP contribution >= 0.6 is 0 Å². The minimum atomic E-state index is 0. The lowest BCUT2D eigenvalue weighted by atomic mass is 10.2. The summed E-state index contributed by atoms with van der Waals surface area (Å²) in [5.41, 5.74) is 5.69. The number of pyridine rings is 1. The van der Waals surface area contributed by atoms with E-state index in [1.165, 1.54) is 32.3 Å². The Labute approximate surface area is 101 Å². The summed E-state index contributed by atoms with van der Waals surface area (Å²) in [7, 11) is 1.50. The van der Waals surface area contributed by atoms with Gasteiger partial charge in [-0.25, -0.2) is 4.98 Å². The van der Waals surface area contributed by atoms with Crippen molar-refractivity contribution in [3.63, 3.8) is 0 Å². The zero-order valence-corrected chi connectivity index (χ0v) is 11.0. The van der Waals surface area contributed by atoms with Crippen LogP contribution in [0.15, 0.2) is 18.2 Å². The fraction of sp³-hybridized carbons (Fsp3) is 0.615. The third kappa shape index (κ3) is 4.19. The molecule has 94 valence electrons. The monoisotopic (exact) mass is 225 g/mol. The molecule has 0 atom stereocenters. The van der Waals surface area contributed by atoms with Crippen LogP contribution in [0.1, 0.15) is 34.3 Å². The van der Waals surface area contributed by atoms with E-state index >= 15 is 0 Å². The van der Waals surface area contributed by atoms with Gasteiger partial charge >= 0.3 is 0 Å². The molecule has 0 aliphatic carbocycles. The molecule has 0 unspecified atom stereocenters. The molecule has 0 saturated carbocycles. The van der Waals surface area contributed by atoms with Gasteiger partial charge in [0.05, 0.1) is 0 Å². The normalized spacial score (nSPS) is 12.7. The minimum absolute atomic E-state index is 0. The van der Waals surface area contributed by atoms with Crippen molar-refractivity contribution in [2.24, 2.45) is 5.73 Å². The molecule has 0 amide bonds. The van der Waals surface area contributed by atoms with Crippen LogP contribution in [0.3, 0.4) is 0 Å². The first-order chi connectivity index (χ1) is 7.90. The van der Waals surface area contributed by atoms with Crippen LogP contribution < -0.4 is 10.6 Å². The van der Waals surface area contributed by atoms with Crippen LogP contribution in [0.4, 0.5) is 5.82 Å². The molecule has 2 heterocycles. The molecule has 1 aromatic rings. The third-order valence-corrected chi connectivity index (χ3v) is 2.33. The SMILES string of the molecule is CC.CCc1cccc(N2CCC2)n1.CN.[HH]. The van der Waals surface area contributed by atoms with Gasteiger partial charge in [0.25, 0.3) is 0 Å². The third-order valence-electron chi connectivity index (χ3n) is 2.33. The molecule has 1 aliphatic rings. The van der Waals surface area contributed by atoms with E-state index in [9.17, 15) is 0 Å². The average Bonchev–Trinajstić information content (AvgIpc) is 2.32. The fourth-order valence-corrected chi connectivity index (χ4v) is 1.39. The Kier molecular flexibility index (Phi) is 8.53. The summed E-state index contributed by atoms with van der Waals surface area (Å²) in [6.45, 7) is 8.50. The number of rotatable bonds is 2. The van der Waals surface area contributed by atoms with Gasteiger partial charge in [-0.1, -0.05) is 26.8 Å². The molecule has 3 heteroatoms. The number of nitrogens with two attached hydrogens (primary N) is 1. The number of aromatic nitrogens is 1. The van der Waals surface area contributed by atoms with Crippen molar-refractivity contribution < 1.29 is 1.43 Å². The van der Waals surface area contributed by atoms with E-state index < -0.39 is 0 Å². The number of aryl methyl sites for hydroxylation is 1. The van der Waals surface area contributed by atoms with Gasteiger partial charge in [-0.05, 0) is 32.0 Å². The second-order valence-corrected chi connectivity index (χ2v) is 3.18. The van der Waals surface area contributed by atoms with Crippen LogP contribution in [0.2, 0.25) is 0 Å². The highest BCUT2D eigenvalue weighted by Gasteiger charge is 2.14. The standard InChI is InChI=1S/C10H14N2.C2H6.CH5N.H2/c1-2-9-5-3-6-10(11-9)12-7-4-8-12;2*1-2;/h3,5-6H,2,4,7-8H2,1H3;1-2H3;2H2,1H3;1H. The van der Waals surface area contributed by atoms with E-state index in [1.807, 2.05) is 13.8 Å². The summed E-state index contributed by atoms with van der Waals surface area (Å²) in [4.78, 5) is 6.86. The quantitative estimate of drug-likeness (QED) is 0.841. The highest BCUT2D eigenvalue weighted by atomic mass is 15.2. The van der Waals surface area contributed by atoms with Crippen molar-refractivity contribution in [3.05, 3.63) is 23.9 Å². The Morgan fingerprint density at radius 3 is 2.38 bits per heavy atom. The van der Waals surface area contributed by atoms with Gasteiger partial charge in [0.2, 0.25) is 0 Å². The molecule has 0 aromatic carbocycles. The zero-order valence-electron chi connectivity index (χ0n) is 11.0. The lowest BCUT2D eigenvalue weighted by Crippen LogP contribution is -2.37. The predicted molar refractivity (Wildman–Crippen MR) is 74.0 cm³/mol. The number of nitrogens with zero attached hydrogens (tertiary/aromatic N) is 2. The highest BCUT2D eigenvalue weighted by molar-refractivity contribution is 5.41. The van der Waals surface area contributed by atoms with Gasteiger partial charge in [-0.15, -0.1) is 0 Å².